The Morgan fingerprint density at radius 1 is 1.02 bits per heavy atom. The molecule has 1 amide bonds. The third-order valence-corrected chi connectivity index (χ3v) is 7.19. The van der Waals surface area contributed by atoms with Crippen LogP contribution in [0.25, 0.3) is 11.1 Å². The van der Waals surface area contributed by atoms with Gasteiger partial charge >= 0.3 is 12.1 Å². The van der Waals surface area contributed by atoms with Crippen LogP contribution in [-0.2, 0) is 19.0 Å². The van der Waals surface area contributed by atoms with Crippen molar-refractivity contribution in [2.45, 2.75) is 44.0 Å². The first kappa shape index (κ1) is 27.9. The summed E-state index contributed by atoms with van der Waals surface area (Å²) in [5.41, 5.74) is 5.58. The van der Waals surface area contributed by atoms with Crippen molar-refractivity contribution in [1.29, 1.82) is 0 Å². The molecule has 210 valence electrons. The zero-order valence-electron chi connectivity index (χ0n) is 22.8. The van der Waals surface area contributed by atoms with E-state index in [1.165, 1.54) is 18.2 Å². The Kier molecular flexibility index (Phi) is 8.97. The van der Waals surface area contributed by atoms with Gasteiger partial charge in [-0.05, 0) is 53.3 Å². The van der Waals surface area contributed by atoms with E-state index >= 15 is 0 Å². The highest BCUT2D eigenvalue weighted by Crippen LogP contribution is 2.44. The highest BCUT2D eigenvalue weighted by Gasteiger charge is 2.30. The molecule has 5 rings (SSSR count). The Balaban J connectivity index is 1.12. The Morgan fingerprint density at radius 2 is 1.76 bits per heavy atom. The zero-order valence-corrected chi connectivity index (χ0v) is 22.8. The van der Waals surface area contributed by atoms with Gasteiger partial charge in [0.2, 0.25) is 6.29 Å². The van der Waals surface area contributed by atoms with Crippen LogP contribution in [0.1, 0.15) is 58.6 Å². The molecule has 0 spiro atoms. The average Bonchev–Trinajstić information content (AvgIpc) is 3.33. The van der Waals surface area contributed by atoms with Gasteiger partial charge < -0.3 is 24.3 Å². The number of aldehydes is 1. The fourth-order valence-corrected chi connectivity index (χ4v) is 5.19. The standard InChI is InChI=1S/C33H31NO7/c1-38-32(36)30-14-8-15-31(41-30)40-24-17-16-23(20-35)22(19-24)9-6-7-18-34-33(37)39-21-29-27-12-4-2-10-25(27)26-11-3-5-13-28(26)29/h2-5,10-13,16-17,19-20,29-31H,7-8,14-15,18,21H2,1H3,(H,34,37)/t30-,31+/m0/s1. The molecular formula is C33H31NO7. The van der Waals surface area contributed by atoms with Gasteiger partial charge in [-0.15, -0.1) is 0 Å². The summed E-state index contributed by atoms with van der Waals surface area (Å²) in [6.45, 7) is 0.535. The molecule has 2 atom stereocenters. The third-order valence-electron chi connectivity index (χ3n) is 7.19. The van der Waals surface area contributed by atoms with Gasteiger partial charge in [0.1, 0.15) is 12.4 Å². The van der Waals surface area contributed by atoms with E-state index < -0.39 is 24.5 Å². The molecule has 0 saturated carbocycles. The molecule has 1 heterocycles. The van der Waals surface area contributed by atoms with Crippen LogP contribution < -0.4 is 10.1 Å². The van der Waals surface area contributed by atoms with E-state index in [-0.39, 0.29) is 12.5 Å². The molecule has 0 aromatic heterocycles. The lowest BCUT2D eigenvalue weighted by Gasteiger charge is -2.28. The Morgan fingerprint density at radius 3 is 2.46 bits per heavy atom. The van der Waals surface area contributed by atoms with Crippen molar-refractivity contribution in [3.05, 3.63) is 89.0 Å². The molecule has 8 nitrogen and oxygen atoms in total. The third kappa shape index (κ3) is 6.59. The average molecular weight is 554 g/mol. The number of hydrogen-bond acceptors (Lipinski definition) is 7. The van der Waals surface area contributed by atoms with Crippen molar-refractivity contribution in [1.82, 2.24) is 5.32 Å². The molecule has 0 radical (unpaired) electrons. The number of alkyl carbamates (subject to hydrolysis) is 1. The number of amides is 1. The van der Waals surface area contributed by atoms with Gasteiger partial charge in [0.15, 0.2) is 12.4 Å². The molecule has 3 aromatic rings. The number of fused-ring (bicyclic) bond motifs is 3. The number of nitrogens with one attached hydrogen (secondary N) is 1. The quantitative estimate of drug-likeness (QED) is 0.177. The van der Waals surface area contributed by atoms with Crippen LogP contribution in [-0.4, -0.2) is 51.0 Å². The molecular weight excluding hydrogens is 522 g/mol. The van der Waals surface area contributed by atoms with Gasteiger partial charge in [-0.25, -0.2) is 9.59 Å². The fourth-order valence-electron chi connectivity index (χ4n) is 5.19. The summed E-state index contributed by atoms with van der Waals surface area (Å²) in [4.78, 5) is 35.7. The first-order valence-electron chi connectivity index (χ1n) is 13.6. The maximum atomic E-state index is 12.4. The molecule has 1 aliphatic heterocycles. The van der Waals surface area contributed by atoms with Crippen LogP contribution in [0.4, 0.5) is 4.79 Å². The lowest BCUT2D eigenvalue weighted by Crippen LogP contribution is -2.37. The molecule has 2 aliphatic rings. The molecule has 0 unspecified atom stereocenters. The highest BCUT2D eigenvalue weighted by atomic mass is 16.7. The second-order valence-corrected chi connectivity index (χ2v) is 9.80. The van der Waals surface area contributed by atoms with Crippen LogP contribution in [0, 0.1) is 11.8 Å². The summed E-state index contributed by atoms with van der Waals surface area (Å²) in [5.74, 6) is 6.02. The van der Waals surface area contributed by atoms with E-state index in [2.05, 4.69) is 41.4 Å². The zero-order chi connectivity index (χ0) is 28.6. The van der Waals surface area contributed by atoms with Gasteiger partial charge in [-0.3, -0.25) is 4.79 Å². The van der Waals surface area contributed by atoms with Crippen LogP contribution in [0.3, 0.4) is 0 Å². The summed E-state index contributed by atoms with van der Waals surface area (Å²) in [5, 5.41) is 2.74. The number of rotatable bonds is 8. The Bertz CT molecular complexity index is 1440. The lowest BCUT2D eigenvalue weighted by atomic mass is 9.98. The summed E-state index contributed by atoms with van der Waals surface area (Å²) in [6.07, 6.45) is 1.31. The molecule has 1 N–H and O–H groups in total. The number of esters is 1. The predicted octanol–water partition coefficient (Wildman–Crippen LogP) is 5.23. The first-order valence-corrected chi connectivity index (χ1v) is 13.6. The van der Waals surface area contributed by atoms with Gasteiger partial charge in [0, 0.05) is 36.4 Å². The van der Waals surface area contributed by atoms with Crippen LogP contribution in [0.2, 0.25) is 0 Å². The monoisotopic (exact) mass is 553 g/mol. The van der Waals surface area contributed by atoms with E-state index in [0.717, 1.165) is 23.8 Å². The molecule has 1 aliphatic carbocycles. The molecule has 3 aromatic carbocycles. The van der Waals surface area contributed by atoms with E-state index in [4.69, 9.17) is 18.9 Å². The molecule has 1 fully saturated rings. The van der Waals surface area contributed by atoms with Crippen LogP contribution >= 0.6 is 0 Å². The minimum absolute atomic E-state index is 0.00504. The van der Waals surface area contributed by atoms with Crippen molar-refractivity contribution >= 4 is 18.3 Å². The Labute approximate surface area is 238 Å². The topological polar surface area (TPSA) is 100 Å². The van der Waals surface area contributed by atoms with Crippen molar-refractivity contribution in [2.75, 3.05) is 20.3 Å². The minimum atomic E-state index is -0.656. The van der Waals surface area contributed by atoms with Crippen LogP contribution in [0.5, 0.6) is 5.75 Å². The number of methoxy groups -OCH3 is 1. The van der Waals surface area contributed by atoms with Crippen LogP contribution in [0.15, 0.2) is 66.7 Å². The maximum absolute atomic E-state index is 12.4. The van der Waals surface area contributed by atoms with Crippen molar-refractivity contribution < 1.29 is 33.3 Å². The fraction of sp³-hybridized carbons (Fsp3) is 0.303. The second-order valence-electron chi connectivity index (χ2n) is 9.80. The number of carbonyl (C=O) groups excluding carboxylic acids is 3. The van der Waals surface area contributed by atoms with Gasteiger partial charge in [0.05, 0.1) is 7.11 Å². The summed E-state index contributed by atoms with van der Waals surface area (Å²) in [6, 6.07) is 21.3. The number of ether oxygens (including phenoxy) is 4. The SMILES string of the molecule is COC(=O)[C@@H]1CCC[C@H](Oc2ccc(C=O)c(C#CCCNC(=O)OCC3c4ccccc4-c4ccccc43)c2)O1. The number of carbonyl (C=O) groups is 3. The first-order chi connectivity index (χ1) is 20.1. The van der Waals surface area contributed by atoms with Crippen molar-refractivity contribution in [2.24, 2.45) is 0 Å². The smallest absolute Gasteiger partial charge is 0.407 e. The van der Waals surface area contributed by atoms with Crippen molar-refractivity contribution in [3.63, 3.8) is 0 Å². The van der Waals surface area contributed by atoms with Crippen molar-refractivity contribution in [3.8, 4) is 28.7 Å². The summed E-state index contributed by atoms with van der Waals surface area (Å²) < 4.78 is 21.9. The number of benzene rings is 3. The normalized spacial score (nSPS) is 17.3. The highest BCUT2D eigenvalue weighted by molar-refractivity contribution is 5.80. The molecule has 1 saturated heterocycles. The largest absolute Gasteiger partial charge is 0.467 e. The van der Waals surface area contributed by atoms with Gasteiger partial charge in [-0.1, -0.05) is 60.4 Å². The second kappa shape index (κ2) is 13.2. The van der Waals surface area contributed by atoms with Gasteiger partial charge in [0.25, 0.3) is 0 Å². The summed E-state index contributed by atoms with van der Waals surface area (Å²) >= 11 is 0. The Hall–Kier alpha value is -4.61. The molecule has 8 heteroatoms. The van der Waals surface area contributed by atoms with E-state index in [0.29, 0.717) is 42.7 Å². The minimum Gasteiger partial charge on any atom is -0.467 e. The number of hydrogen-bond donors (Lipinski definition) is 1. The van der Waals surface area contributed by atoms with E-state index in [1.807, 2.05) is 24.3 Å². The summed E-state index contributed by atoms with van der Waals surface area (Å²) in [7, 11) is 1.33. The van der Waals surface area contributed by atoms with E-state index in [1.54, 1.807) is 18.2 Å². The van der Waals surface area contributed by atoms with Gasteiger partial charge in [-0.2, -0.15) is 0 Å². The predicted molar refractivity (Wildman–Crippen MR) is 152 cm³/mol. The van der Waals surface area contributed by atoms with E-state index in [9.17, 15) is 14.4 Å². The molecule has 0 bridgehead atoms. The maximum Gasteiger partial charge on any atom is 0.407 e. The molecule has 41 heavy (non-hydrogen) atoms. The lowest BCUT2D eigenvalue weighted by molar-refractivity contribution is -0.183.